The number of aliphatic hydroxyl groups excluding tert-OH is 1. The lowest BCUT2D eigenvalue weighted by Crippen LogP contribution is -2.36. The van der Waals surface area contributed by atoms with Gasteiger partial charge in [-0.15, -0.1) is 0 Å². The lowest BCUT2D eigenvalue weighted by Gasteiger charge is -2.11. The number of hydrogen-bond donors (Lipinski definition) is 3. The number of alkyl halides is 2. The van der Waals surface area contributed by atoms with Crippen LogP contribution in [0, 0.1) is 0 Å². The third kappa shape index (κ3) is 2.95. The van der Waals surface area contributed by atoms with Crippen molar-refractivity contribution >= 4 is 11.6 Å². The fourth-order valence-corrected chi connectivity index (χ4v) is 1.50. The van der Waals surface area contributed by atoms with Crippen LogP contribution in [0.15, 0.2) is 0 Å². The molecule has 1 amide bonds. The molecule has 1 aromatic rings. The third-order valence-electron chi connectivity index (χ3n) is 2.47. The molecule has 102 valence electrons. The van der Waals surface area contributed by atoms with Crippen LogP contribution < -0.4 is 11.1 Å². The molecule has 1 heterocycles. The monoisotopic (exact) mass is 262 g/mol. The van der Waals surface area contributed by atoms with Crippen molar-refractivity contribution < 1.29 is 18.7 Å². The summed E-state index contributed by atoms with van der Waals surface area (Å²) in [4.78, 5) is 11.7. The number of hydrogen-bond acceptors (Lipinski definition) is 4. The van der Waals surface area contributed by atoms with E-state index < -0.39 is 25.0 Å². The van der Waals surface area contributed by atoms with Crippen molar-refractivity contribution in [1.29, 1.82) is 0 Å². The van der Waals surface area contributed by atoms with E-state index >= 15 is 0 Å². The molecule has 0 aliphatic heterocycles. The molecule has 0 aliphatic rings. The predicted molar refractivity (Wildman–Crippen MR) is 61.3 cm³/mol. The average molecular weight is 262 g/mol. The summed E-state index contributed by atoms with van der Waals surface area (Å²) in [6, 6.07) is 0. The number of nitrogens with zero attached hydrogens (tertiary/aromatic N) is 2. The van der Waals surface area contributed by atoms with Crippen LogP contribution in [0.1, 0.15) is 23.1 Å². The number of aromatic nitrogens is 2. The van der Waals surface area contributed by atoms with Gasteiger partial charge in [-0.3, -0.25) is 9.48 Å². The number of carbonyl (C=O) groups is 1. The summed E-state index contributed by atoms with van der Waals surface area (Å²) in [5, 5.41) is 15.1. The topological polar surface area (TPSA) is 93.2 Å². The zero-order valence-electron chi connectivity index (χ0n) is 10.2. The van der Waals surface area contributed by atoms with Crippen LogP contribution in [0.2, 0.25) is 0 Å². The molecule has 1 aromatic heterocycles. The Balaban J connectivity index is 2.76. The van der Waals surface area contributed by atoms with E-state index in [2.05, 4.69) is 10.4 Å². The van der Waals surface area contributed by atoms with E-state index in [0.717, 1.165) is 0 Å². The van der Waals surface area contributed by atoms with Gasteiger partial charge in [-0.1, -0.05) is 6.92 Å². The van der Waals surface area contributed by atoms with Gasteiger partial charge in [-0.25, -0.2) is 8.78 Å². The molecule has 4 N–H and O–H groups in total. The number of aliphatic hydroxyl groups is 1. The van der Waals surface area contributed by atoms with Crippen molar-refractivity contribution in [3.8, 4) is 0 Å². The molecule has 1 atom stereocenters. The van der Waals surface area contributed by atoms with Gasteiger partial charge < -0.3 is 16.2 Å². The second-order valence-electron chi connectivity index (χ2n) is 3.80. The maximum Gasteiger partial charge on any atom is 0.271 e. The van der Waals surface area contributed by atoms with Crippen LogP contribution in [0.25, 0.3) is 0 Å². The quantitative estimate of drug-likeness (QED) is 0.692. The zero-order chi connectivity index (χ0) is 13.9. The minimum Gasteiger partial charge on any atom is -0.395 e. The van der Waals surface area contributed by atoms with Gasteiger partial charge in [-0.2, -0.15) is 5.10 Å². The van der Waals surface area contributed by atoms with Crippen LogP contribution in [0.5, 0.6) is 0 Å². The van der Waals surface area contributed by atoms with Gasteiger partial charge in [0.25, 0.3) is 12.3 Å². The Hall–Kier alpha value is -1.70. The standard InChI is InChI=1S/C10H16F2N4O2/c1-3-5-7(13)8(16(2)15-5)10(18)14-4-6(17)9(11)12/h6,9,17H,3-4,13H2,1-2H3,(H,14,18). The minimum atomic E-state index is -2.90. The highest BCUT2D eigenvalue weighted by Gasteiger charge is 2.22. The van der Waals surface area contributed by atoms with Crippen molar-refractivity contribution in [2.75, 3.05) is 12.3 Å². The lowest BCUT2D eigenvalue weighted by atomic mass is 10.2. The fraction of sp³-hybridized carbons (Fsp3) is 0.600. The second kappa shape index (κ2) is 5.76. The van der Waals surface area contributed by atoms with Crippen molar-refractivity contribution in [2.24, 2.45) is 7.05 Å². The maximum atomic E-state index is 12.1. The molecular weight excluding hydrogens is 246 g/mol. The average Bonchev–Trinajstić information content (AvgIpc) is 2.60. The van der Waals surface area contributed by atoms with Gasteiger partial charge in [0.15, 0.2) is 0 Å². The number of carbonyl (C=O) groups excluding carboxylic acids is 1. The summed E-state index contributed by atoms with van der Waals surface area (Å²) in [6.45, 7) is 1.30. The minimum absolute atomic E-state index is 0.105. The molecule has 0 spiro atoms. The van der Waals surface area contributed by atoms with Crippen LogP contribution in [0.4, 0.5) is 14.5 Å². The Morgan fingerprint density at radius 1 is 1.61 bits per heavy atom. The van der Waals surface area contributed by atoms with Crippen molar-refractivity contribution in [1.82, 2.24) is 15.1 Å². The van der Waals surface area contributed by atoms with Gasteiger partial charge in [0, 0.05) is 13.6 Å². The number of nitrogens with two attached hydrogens (primary N) is 1. The Morgan fingerprint density at radius 2 is 2.22 bits per heavy atom. The van der Waals surface area contributed by atoms with E-state index in [1.54, 1.807) is 0 Å². The Bertz CT molecular complexity index is 434. The number of rotatable bonds is 5. The number of amides is 1. The highest BCUT2D eigenvalue weighted by Crippen LogP contribution is 2.16. The highest BCUT2D eigenvalue weighted by atomic mass is 19.3. The second-order valence-corrected chi connectivity index (χ2v) is 3.80. The van der Waals surface area contributed by atoms with Gasteiger partial charge in [0.05, 0.1) is 11.4 Å². The number of aryl methyl sites for hydroxylation is 2. The van der Waals surface area contributed by atoms with Crippen LogP contribution in [-0.2, 0) is 13.5 Å². The molecule has 1 unspecified atom stereocenters. The van der Waals surface area contributed by atoms with E-state index in [1.165, 1.54) is 11.7 Å². The lowest BCUT2D eigenvalue weighted by molar-refractivity contribution is -0.00274. The summed E-state index contributed by atoms with van der Waals surface area (Å²) in [5.74, 6) is -0.637. The summed E-state index contributed by atoms with van der Waals surface area (Å²) in [7, 11) is 1.54. The molecule has 0 aliphatic carbocycles. The van der Waals surface area contributed by atoms with Crippen molar-refractivity contribution in [3.63, 3.8) is 0 Å². The molecule has 0 saturated heterocycles. The van der Waals surface area contributed by atoms with Gasteiger partial charge in [0.2, 0.25) is 0 Å². The SMILES string of the molecule is CCc1nn(C)c(C(=O)NCC(O)C(F)F)c1N. The first-order chi connectivity index (χ1) is 8.38. The van der Waals surface area contributed by atoms with E-state index in [9.17, 15) is 13.6 Å². The number of halogens is 2. The van der Waals surface area contributed by atoms with Gasteiger partial charge in [0.1, 0.15) is 11.8 Å². The fourth-order valence-electron chi connectivity index (χ4n) is 1.50. The van der Waals surface area contributed by atoms with E-state index in [0.29, 0.717) is 12.1 Å². The predicted octanol–water partition coefficient (Wildman–Crippen LogP) is -0.0795. The Labute approximate surface area is 103 Å². The molecule has 0 aromatic carbocycles. The summed E-state index contributed by atoms with van der Waals surface area (Å²) in [6.07, 6.45) is -4.23. The first kappa shape index (κ1) is 14.4. The van der Waals surface area contributed by atoms with Crippen LogP contribution in [0.3, 0.4) is 0 Å². The Morgan fingerprint density at radius 3 is 2.67 bits per heavy atom. The first-order valence-electron chi connectivity index (χ1n) is 5.44. The highest BCUT2D eigenvalue weighted by molar-refractivity contribution is 5.97. The molecule has 0 saturated carbocycles. The van der Waals surface area contributed by atoms with E-state index in [1.807, 2.05) is 6.92 Å². The zero-order valence-corrected chi connectivity index (χ0v) is 10.2. The maximum absolute atomic E-state index is 12.1. The number of nitrogens with one attached hydrogen (secondary N) is 1. The summed E-state index contributed by atoms with van der Waals surface area (Å²) >= 11 is 0. The van der Waals surface area contributed by atoms with Crippen molar-refractivity contribution in [3.05, 3.63) is 11.4 Å². The molecule has 0 fully saturated rings. The molecule has 6 nitrogen and oxygen atoms in total. The number of nitrogen functional groups attached to an aromatic ring is 1. The smallest absolute Gasteiger partial charge is 0.271 e. The molecule has 0 radical (unpaired) electrons. The molecule has 0 bridgehead atoms. The van der Waals surface area contributed by atoms with Gasteiger partial charge in [-0.05, 0) is 6.42 Å². The molecular formula is C10H16F2N4O2. The van der Waals surface area contributed by atoms with Crippen LogP contribution in [-0.4, -0.2) is 39.9 Å². The third-order valence-corrected chi connectivity index (χ3v) is 2.47. The molecule has 8 heteroatoms. The van der Waals surface area contributed by atoms with Crippen LogP contribution >= 0.6 is 0 Å². The summed E-state index contributed by atoms with van der Waals surface area (Å²) < 4.78 is 25.4. The Kier molecular flexibility index (Phi) is 4.60. The first-order valence-corrected chi connectivity index (χ1v) is 5.44. The van der Waals surface area contributed by atoms with Crippen molar-refractivity contribution in [2.45, 2.75) is 25.9 Å². The largest absolute Gasteiger partial charge is 0.395 e. The normalized spacial score (nSPS) is 12.8. The summed E-state index contributed by atoms with van der Waals surface area (Å²) in [5.41, 5.74) is 6.62. The molecule has 18 heavy (non-hydrogen) atoms. The van der Waals surface area contributed by atoms with E-state index in [-0.39, 0.29) is 11.4 Å². The van der Waals surface area contributed by atoms with E-state index in [4.69, 9.17) is 10.8 Å². The number of anilines is 1. The van der Waals surface area contributed by atoms with Gasteiger partial charge >= 0.3 is 0 Å². The molecule has 1 rings (SSSR count).